The van der Waals surface area contributed by atoms with Gasteiger partial charge in [0, 0.05) is 10.0 Å². The van der Waals surface area contributed by atoms with Crippen molar-refractivity contribution < 1.29 is 27.9 Å². The van der Waals surface area contributed by atoms with E-state index in [1.165, 1.54) is 18.2 Å². The van der Waals surface area contributed by atoms with Crippen LogP contribution in [0.4, 0.5) is 0 Å². The number of carbonyl (C=O) groups is 2. The lowest BCUT2D eigenvalue weighted by Gasteiger charge is -2.27. The highest BCUT2D eigenvalue weighted by atomic mass is 35.5. The summed E-state index contributed by atoms with van der Waals surface area (Å²) in [4.78, 5) is 25.3. The van der Waals surface area contributed by atoms with Crippen LogP contribution in [0.1, 0.15) is 45.2 Å². The largest absolute Gasteiger partial charge is 0.488 e. The number of ketones is 1. The fourth-order valence-electron chi connectivity index (χ4n) is 3.92. The van der Waals surface area contributed by atoms with E-state index in [0.29, 0.717) is 24.3 Å². The number of aliphatic carboxylic acids is 1. The Morgan fingerprint density at radius 2 is 1.71 bits per heavy atom. The molecule has 0 unspecified atom stereocenters. The van der Waals surface area contributed by atoms with Gasteiger partial charge in [-0.15, -0.1) is 0 Å². The molecule has 2 aromatic rings. The summed E-state index contributed by atoms with van der Waals surface area (Å²) in [5, 5.41) is 13.2. The molecule has 11 heteroatoms. The number of nitrogens with one attached hydrogen (secondary N) is 2. The maximum absolute atomic E-state index is 13.3. The molecule has 0 aliphatic carbocycles. The lowest BCUT2D eigenvalue weighted by Crippen LogP contribution is -2.46. The number of carboxylic acid groups (broad SMARTS) is 1. The van der Waals surface area contributed by atoms with Crippen LogP contribution in [0.5, 0.6) is 5.75 Å². The summed E-state index contributed by atoms with van der Waals surface area (Å²) in [6, 6.07) is 8.01. The minimum absolute atomic E-state index is 0.0964. The van der Waals surface area contributed by atoms with Gasteiger partial charge in [0.15, 0.2) is 5.78 Å². The van der Waals surface area contributed by atoms with E-state index in [-0.39, 0.29) is 14.9 Å². The molecule has 3 atom stereocenters. The van der Waals surface area contributed by atoms with Gasteiger partial charge in [-0.2, -0.15) is 0 Å². The Bertz CT molecular complexity index is 1170. The molecule has 2 aromatic carbocycles. The summed E-state index contributed by atoms with van der Waals surface area (Å²) in [7, 11) is -4.31. The molecule has 0 aromatic heterocycles. The van der Waals surface area contributed by atoms with Gasteiger partial charge < -0.3 is 15.2 Å². The highest BCUT2D eigenvalue weighted by molar-refractivity contribution is 7.89. The molecule has 0 radical (unpaired) electrons. The molecule has 1 aliphatic heterocycles. The molecule has 1 saturated heterocycles. The molecule has 190 valence electrons. The van der Waals surface area contributed by atoms with E-state index < -0.39 is 45.4 Å². The van der Waals surface area contributed by atoms with Crippen molar-refractivity contribution in [2.75, 3.05) is 6.54 Å². The van der Waals surface area contributed by atoms with E-state index in [2.05, 4.69) is 10.0 Å². The summed E-state index contributed by atoms with van der Waals surface area (Å²) in [5.74, 6) is -3.19. The predicted octanol–water partition coefficient (Wildman–Crippen LogP) is 4.21. The average molecular weight is 543 g/mol. The van der Waals surface area contributed by atoms with Crippen molar-refractivity contribution in [1.29, 1.82) is 0 Å². The second kappa shape index (κ2) is 10.8. The van der Waals surface area contributed by atoms with Gasteiger partial charge in [-0.05, 0) is 76.1 Å². The smallest absolute Gasteiger partial charge is 0.316 e. The summed E-state index contributed by atoms with van der Waals surface area (Å²) < 4.78 is 34.8. The number of benzene rings is 2. The summed E-state index contributed by atoms with van der Waals surface area (Å²) >= 11 is 12.0. The molecule has 1 heterocycles. The molecule has 1 aliphatic rings. The van der Waals surface area contributed by atoms with Gasteiger partial charge in [0.2, 0.25) is 10.0 Å². The van der Waals surface area contributed by atoms with Crippen LogP contribution in [0.3, 0.4) is 0 Å². The first-order valence-electron chi connectivity index (χ1n) is 11.0. The van der Waals surface area contributed by atoms with E-state index in [1.807, 2.05) is 20.8 Å². The Balaban J connectivity index is 2.05. The minimum Gasteiger partial charge on any atom is -0.488 e. The third-order valence-corrected chi connectivity index (χ3v) is 7.26. The first-order chi connectivity index (χ1) is 16.3. The predicted molar refractivity (Wildman–Crippen MR) is 134 cm³/mol. The molecule has 35 heavy (non-hydrogen) atoms. The molecule has 0 spiro atoms. The highest BCUT2D eigenvalue weighted by Gasteiger charge is 2.42. The van der Waals surface area contributed by atoms with Gasteiger partial charge in [0.25, 0.3) is 0 Å². The van der Waals surface area contributed by atoms with Gasteiger partial charge in [-0.25, -0.2) is 13.1 Å². The van der Waals surface area contributed by atoms with Crippen LogP contribution in [0.2, 0.25) is 10.0 Å². The van der Waals surface area contributed by atoms with Gasteiger partial charge in [-0.1, -0.05) is 35.3 Å². The van der Waals surface area contributed by atoms with Crippen molar-refractivity contribution in [3.8, 4) is 5.75 Å². The van der Waals surface area contributed by atoms with Crippen LogP contribution >= 0.6 is 23.2 Å². The topological polar surface area (TPSA) is 122 Å². The summed E-state index contributed by atoms with van der Waals surface area (Å²) in [6.07, 6.45) is 1.20. The molecule has 1 fully saturated rings. The van der Waals surface area contributed by atoms with Crippen molar-refractivity contribution in [1.82, 2.24) is 10.0 Å². The van der Waals surface area contributed by atoms with Crippen LogP contribution in [0, 0.1) is 5.92 Å². The highest BCUT2D eigenvalue weighted by Crippen LogP contribution is 2.31. The molecule has 3 N–H and O–H groups in total. The van der Waals surface area contributed by atoms with Crippen LogP contribution in [0.25, 0.3) is 0 Å². The van der Waals surface area contributed by atoms with Crippen molar-refractivity contribution in [3.63, 3.8) is 0 Å². The normalized spacial score (nSPS) is 18.1. The van der Waals surface area contributed by atoms with Gasteiger partial charge in [-0.3, -0.25) is 9.59 Å². The Labute approximate surface area is 215 Å². The van der Waals surface area contributed by atoms with Gasteiger partial charge in [0.1, 0.15) is 17.3 Å². The number of carbonyl (C=O) groups excluding carboxylic acids is 1. The van der Waals surface area contributed by atoms with Crippen molar-refractivity contribution in [2.24, 2.45) is 5.92 Å². The van der Waals surface area contributed by atoms with Crippen molar-refractivity contribution >= 4 is 45.0 Å². The molecular formula is C24H28Cl2N2O6S. The van der Waals surface area contributed by atoms with Crippen LogP contribution < -0.4 is 14.8 Å². The van der Waals surface area contributed by atoms with Crippen molar-refractivity contribution in [3.05, 3.63) is 58.1 Å². The number of ether oxygens (including phenoxy) is 1. The van der Waals surface area contributed by atoms with Crippen LogP contribution in [-0.4, -0.2) is 43.5 Å². The number of halogens is 2. The number of hydrogen-bond acceptors (Lipinski definition) is 6. The number of Topliss-reactive ketones (excluding diaryl/α,β-unsaturated/α-hetero) is 1. The lowest BCUT2D eigenvalue weighted by atomic mass is 9.86. The minimum atomic E-state index is -4.31. The van der Waals surface area contributed by atoms with Crippen LogP contribution in [0.15, 0.2) is 47.4 Å². The SMILES string of the molecule is CC(C)(C)Oc1ccc([C@H](NS(=O)(=O)c2cc(Cl)cc(Cl)c2)[C@H](C(=O)O)C(=O)[C@@H]2CCCN2)cc1. The van der Waals surface area contributed by atoms with Gasteiger partial charge in [0.05, 0.1) is 17.0 Å². The molecular weight excluding hydrogens is 515 g/mol. The fourth-order valence-corrected chi connectivity index (χ4v) is 5.88. The van der Waals surface area contributed by atoms with E-state index in [1.54, 1.807) is 24.3 Å². The average Bonchev–Trinajstić information content (AvgIpc) is 3.26. The summed E-state index contributed by atoms with van der Waals surface area (Å²) in [5.41, 5.74) is -0.177. The van der Waals surface area contributed by atoms with Gasteiger partial charge >= 0.3 is 5.97 Å². The Morgan fingerprint density at radius 3 is 2.20 bits per heavy atom. The quantitative estimate of drug-likeness (QED) is 0.405. The zero-order valence-corrected chi connectivity index (χ0v) is 21.9. The fraction of sp³-hybridized carbons (Fsp3) is 0.417. The van der Waals surface area contributed by atoms with Crippen LogP contribution in [-0.2, 0) is 19.6 Å². The van der Waals surface area contributed by atoms with E-state index in [9.17, 15) is 23.1 Å². The Morgan fingerprint density at radius 1 is 1.11 bits per heavy atom. The number of sulfonamides is 1. The first kappa shape index (κ1) is 27.4. The molecule has 0 bridgehead atoms. The number of hydrogen-bond donors (Lipinski definition) is 3. The van der Waals surface area contributed by atoms with Crippen molar-refractivity contribution in [2.45, 2.75) is 56.2 Å². The van der Waals surface area contributed by atoms with E-state index in [0.717, 1.165) is 6.42 Å². The summed E-state index contributed by atoms with van der Waals surface area (Å²) in [6.45, 7) is 6.21. The zero-order valence-electron chi connectivity index (χ0n) is 19.5. The third kappa shape index (κ3) is 7.17. The zero-order chi connectivity index (χ0) is 26.0. The number of carboxylic acids is 1. The third-order valence-electron chi connectivity index (χ3n) is 5.40. The standard InChI is InChI=1S/C24H28Cl2N2O6S/c1-24(2,3)34-17-8-6-14(7-9-17)21(20(23(30)31)22(29)19-5-4-10-27-19)28-35(32,33)18-12-15(25)11-16(26)13-18/h6-9,11-13,19-21,27-28H,4-5,10H2,1-3H3,(H,30,31)/t19-,20-,21-/m0/s1. The Hall–Kier alpha value is -2.17. The second-order valence-electron chi connectivity index (χ2n) is 9.35. The molecule has 8 nitrogen and oxygen atoms in total. The van der Waals surface area contributed by atoms with E-state index >= 15 is 0 Å². The number of rotatable bonds is 9. The van der Waals surface area contributed by atoms with E-state index in [4.69, 9.17) is 27.9 Å². The lowest BCUT2D eigenvalue weighted by molar-refractivity contribution is -0.148. The molecule has 0 amide bonds. The maximum atomic E-state index is 13.3. The second-order valence-corrected chi connectivity index (χ2v) is 11.9. The molecule has 0 saturated carbocycles. The maximum Gasteiger partial charge on any atom is 0.316 e. The monoisotopic (exact) mass is 542 g/mol. The first-order valence-corrected chi connectivity index (χ1v) is 13.3. The Kier molecular flexibility index (Phi) is 8.49. The molecule has 3 rings (SSSR count).